The topological polar surface area (TPSA) is 108 Å². The Labute approximate surface area is 424 Å². The maximum atomic E-state index is 13.0. The van der Waals surface area contributed by atoms with Crippen LogP contribution in [0.25, 0.3) is 0 Å². The van der Waals surface area contributed by atoms with Crippen molar-refractivity contribution in [3.8, 4) is 0 Å². The molecule has 68 heavy (non-hydrogen) atoms. The molecule has 0 saturated carbocycles. The Morgan fingerprint density at radius 1 is 0.500 bits per heavy atom. The smallest absolute Gasteiger partial charge is 0.268 e. The van der Waals surface area contributed by atoms with Crippen molar-refractivity contribution >= 4 is 13.7 Å². The second-order valence-corrected chi connectivity index (χ2v) is 23.1. The standard InChI is InChI=1S/C59H117N2O6P/c1-6-8-10-12-14-16-18-20-22-24-26-28-29-30-31-33-34-36-38-40-42-44-46-48-50-52-58(62)57(56-67-68(64,65)66-55-54-61(3,4)5)60-59(63)53-51-49-47-45-43-41-39-37-35-32-27-25-23-21-19-17-15-13-11-9-7-2/h42,44,50,52,57-58,62H,6-41,43,45-49,51,53-56H2,1-5H3,(H-,60,63,64,65)/b44-42+,52-50+. The number of phosphoric acid groups is 1. The molecule has 3 unspecified atom stereocenters. The Balaban J connectivity index is 4.21. The van der Waals surface area contributed by atoms with Gasteiger partial charge in [-0.05, 0) is 32.1 Å². The summed E-state index contributed by atoms with van der Waals surface area (Å²) in [7, 11) is 1.26. The summed E-state index contributed by atoms with van der Waals surface area (Å²) in [5.74, 6) is -0.201. The fraction of sp³-hybridized carbons (Fsp3) is 0.915. The first kappa shape index (κ1) is 67.0. The van der Waals surface area contributed by atoms with Crippen LogP contribution in [0.1, 0.15) is 296 Å². The molecule has 0 aromatic heterocycles. The zero-order chi connectivity index (χ0) is 49.9. The number of nitrogens with zero attached hydrogens (tertiary/aromatic N) is 1. The normalized spacial score (nSPS) is 14.0. The van der Waals surface area contributed by atoms with Crippen LogP contribution in [0, 0.1) is 0 Å². The predicted octanol–water partition coefficient (Wildman–Crippen LogP) is 17.4. The summed E-state index contributed by atoms with van der Waals surface area (Å²) in [5.41, 5.74) is 0. The number of carbonyl (C=O) groups is 1. The van der Waals surface area contributed by atoms with Crippen molar-refractivity contribution < 1.29 is 32.9 Å². The highest BCUT2D eigenvalue weighted by Crippen LogP contribution is 2.38. The lowest BCUT2D eigenvalue weighted by Gasteiger charge is -2.29. The fourth-order valence-corrected chi connectivity index (χ4v) is 9.72. The van der Waals surface area contributed by atoms with Crippen LogP contribution in [0.3, 0.4) is 0 Å². The minimum atomic E-state index is -4.60. The fourth-order valence-electron chi connectivity index (χ4n) is 9.00. The molecule has 9 heteroatoms. The number of carbonyl (C=O) groups excluding carboxylic acids is 1. The molecule has 1 amide bonds. The van der Waals surface area contributed by atoms with Crippen LogP contribution >= 0.6 is 7.82 Å². The third-order valence-corrected chi connectivity index (χ3v) is 14.6. The summed E-state index contributed by atoms with van der Waals surface area (Å²) in [4.78, 5) is 25.5. The van der Waals surface area contributed by atoms with Gasteiger partial charge in [-0.15, -0.1) is 0 Å². The molecule has 3 atom stereocenters. The Morgan fingerprint density at radius 3 is 1.19 bits per heavy atom. The van der Waals surface area contributed by atoms with Crippen molar-refractivity contribution in [3.63, 3.8) is 0 Å². The van der Waals surface area contributed by atoms with Gasteiger partial charge in [-0.25, -0.2) is 0 Å². The summed E-state index contributed by atoms with van der Waals surface area (Å²) in [5, 5.41) is 13.9. The lowest BCUT2D eigenvalue weighted by Crippen LogP contribution is -2.45. The summed E-state index contributed by atoms with van der Waals surface area (Å²) in [6.07, 6.45) is 64.1. The highest BCUT2D eigenvalue weighted by molar-refractivity contribution is 7.45. The monoisotopic (exact) mass is 981 g/mol. The lowest BCUT2D eigenvalue weighted by atomic mass is 10.0. The van der Waals surface area contributed by atoms with Crippen LogP contribution in [0.15, 0.2) is 24.3 Å². The van der Waals surface area contributed by atoms with E-state index in [9.17, 15) is 19.4 Å². The van der Waals surface area contributed by atoms with Gasteiger partial charge in [-0.1, -0.05) is 282 Å². The van der Waals surface area contributed by atoms with E-state index < -0.39 is 20.0 Å². The number of hydrogen-bond acceptors (Lipinski definition) is 6. The predicted molar refractivity (Wildman–Crippen MR) is 293 cm³/mol. The van der Waals surface area contributed by atoms with Crippen molar-refractivity contribution in [2.24, 2.45) is 0 Å². The average Bonchev–Trinajstić information content (AvgIpc) is 3.30. The molecule has 0 heterocycles. The number of likely N-dealkylation sites (N-methyl/N-ethyl adjacent to an activating group) is 1. The quantitative estimate of drug-likeness (QED) is 0.0272. The molecule has 0 bridgehead atoms. The number of aliphatic hydroxyl groups is 1. The molecule has 0 spiro atoms. The molecule has 2 N–H and O–H groups in total. The summed E-state index contributed by atoms with van der Waals surface area (Å²) >= 11 is 0. The summed E-state index contributed by atoms with van der Waals surface area (Å²) in [6.45, 7) is 4.68. The average molecular weight is 982 g/mol. The Kier molecular flexibility index (Phi) is 50.1. The first-order valence-electron chi connectivity index (χ1n) is 29.7. The third kappa shape index (κ3) is 52.8. The largest absolute Gasteiger partial charge is 0.756 e. The number of allylic oxidation sites excluding steroid dienone is 3. The van der Waals surface area contributed by atoms with Gasteiger partial charge < -0.3 is 28.8 Å². The van der Waals surface area contributed by atoms with Crippen LogP contribution in [0.4, 0.5) is 0 Å². The molecule has 404 valence electrons. The number of nitrogens with one attached hydrogen (secondary N) is 1. The number of aliphatic hydroxyl groups excluding tert-OH is 1. The number of phosphoric ester groups is 1. The Bertz CT molecular complexity index is 1160. The van der Waals surface area contributed by atoms with E-state index in [1.165, 1.54) is 238 Å². The van der Waals surface area contributed by atoms with Crippen LogP contribution in [0.5, 0.6) is 0 Å². The third-order valence-electron chi connectivity index (χ3n) is 13.7. The molecule has 0 radical (unpaired) electrons. The number of unbranched alkanes of at least 4 members (excludes halogenated alkanes) is 40. The SMILES string of the molecule is CCCCCCCCCCCCCCCCCCCCC/C=C/CC/C=C/C(O)C(COP(=O)([O-])OCC[N+](C)(C)C)NC(=O)CCCCCCCCCCCCCCCCCCCCCCC. The van der Waals surface area contributed by atoms with E-state index in [0.29, 0.717) is 17.4 Å². The van der Waals surface area contributed by atoms with E-state index in [1.54, 1.807) is 6.08 Å². The second kappa shape index (κ2) is 50.9. The van der Waals surface area contributed by atoms with Crippen LogP contribution < -0.4 is 10.2 Å². The van der Waals surface area contributed by atoms with E-state index in [-0.39, 0.29) is 19.1 Å². The molecule has 0 rings (SSSR count). The van der Waals surface area contributed by atoms with Crippen molar-refractivity contribution in [2.75, 3.05) is 40.9 Å². The van der Waals surface area contributed by atoms with Gasteiger partial charge in [0.15, 0.2) is 0 Å². The summed E-state index contributed by atoms with van der Waals surface area (Å²) < 4.78 is 23.4. The zero-order valence-corrected chi connectivity index (χ0v) is 47.0. The van der Waals surface area contributed by atoms with E-state index in [1.807, 2.05) is 27.2 Å². The molecule has 0 aromatic rings. The van der Waals surface area contributed by atoms with Crippen molar-refractivity contribution in [3.05, 3.63) is 24.3 Å². The maximum Gasteiger partial charge on any atom is 0.268 e. The van der Waals surface area contributed by atoms with Crippen molar-refractivity contribution in [2.45, 2.75) is 309 Å². The minimum absolute atomic E-state index is 0.00365. The highest BCUT2D eigenvalue weighted by Gasteiger charge is 2.23. The molecular formula is C59H117N2O6P. The lowest BCUT2D eigenvalue weighted by molar-refractivity contribution is -0.870. The maximum absolute atomic E-state index is 13.0. The van der Waals surface area contributed by atoms with Gasteiger partial charge in [0.25, 0.3) is 7.82 Å². The van der Waals surface area contributed by atoms with Gasteiger partial charge in [-0.2, -0.15) is 0 Å². The van der Waals surface area contributed by atoms with Crippen molar-refractivity contribution in [1.29, 1.82) is 0 Å². The highest BCUT2D eigenvalue weighted by atomic mass is 31.2. The molecule has 0 aliphatic rings. The van der Waals surface area contributed by atoms with Gasteiger partial charge >= 0.3 is 0 Å². The van der Waals surface area contributed by atoms with Gasteiger partial charge in [0.05, 0.1) is 39.9 Å². The van der Waals surface area contributed by atoms with E-state index in [4.69, 9.17) is 9.05 Å². The number of amides is 1. The number of hydrogen-bond donors (Lipinski definition) is 2. The van der Waals surface area contributed by atoms with E-state index in [2.05, 4.69) is 31.3 Å². The minimum Gasteiger partial charge on any atom is -0.756 e. The first-order chi connectivity index (χ1) is 33.0. The summed E-state index contributed by atoms with van der Waals surface area (Å²) in [6, 6.07) is -0.900. The van der Waals surface area contributed by atoms with Gasteiger partial charge in [-0.3, -0.25) is 9.36 Å². The Hall–Kier alpha value is -1.02. The molecule has 0 aliphatic heterocycles. The number of quaternary nitrogens is 1. The van der Waals surface area contributed by atoms with Gasteiger partial charge in [0.1, 0.15) is 13.2 Å². The molecule has 0 aliphatic carbocycles. The van der Waals surface area contributed by atoms with E-state index in [0.717, 1.165) is 38.5 Å². The van der Waals surface area contributed by atoms with Crippen LogP contribution in [-0.4, -0.2) is 68.5 Å². The van der Waals surface area contributed by atoms with Gasteiger partial charge in [0.2, 0.25) is 5.91 Å². The Morgan fingerprint density at radius 2 is 0.824 bits per heavy atom. The molecular weight excluding hydrogens is 864 g/mol. The van der Waals surface area contributed by atoms with Crippen molar-refractivity contribution in [1.82, 2.24) is 5.32 Å². The second-order valence-electron chi connectivity index (χ2n) is 21.7. The molecule has 0 saturated heterocycles. The molecule has 8 nitrogen and oxygen atoms in total. The zero-order valence-electron chi connectivity index (χ0n) is 46.1. The number of rotatable bonds is 55. The van der Waals surface area contributed by atoms with Crippen LogP contribution in [-0.2, 0) is 18.4 Å². The molecule has 0 fully saturated rings. The molecule has 0 aromatic carbocycles. The van der Waals surface area contributed by atoms with E-state index >= 15 is 0 Å². The van der Waals surface area contributed by atoms with Crippen LogP contribution in [0.2, 0.25) is 0 Å². The first-order valence-corrected chi connectivity index (χ1v) is 31.2. The van der Waals surface area contributed by atoms with Gasteiger partial charge in [0, 0.05) is 6.42 Å².